The number of carbonyl (C=O) groups is 1. The molecule has 2 fully saturated rings. The fraction of sp³-hybridized carbons (Fsp3) is 0.519. The lowest BCUT2D eigenvalue weighted by atomic mass is 9.90. The number of rotatable bonds is 8. The quantitative estimate of drug-likeness (QED) is 0.626. The van der Waals surface area contributed by atoms with Crippen LogP contribution in [0.1, 0.15) is 39.9 Å². The van der Waals surface area contributed by atoms with E-state index in [1.54, 1.807) is 0 Å². The van der Waals surface area contributed by atoms with Crippen LogP contribution in [0.15, 0.2) is 48.5 Å². The summed E-state index contributed by atoms with van der Waals surface area (Å²) in [6, 6.07) is 17.5. The average Bonchev–Trinajstić information content (AvgIpc) is 2.83. The molecular formula is C27H38N4O. The standard InChI is InChI=1S/C27H38N4O/c1-30-17-15-28-19-23(30)13-11-21-7-3-5-9-25(21)27(32)26-10-6-4-8-22(26)12-14-24-20-29-16-18-31(24)2/h3-10,23-24,28-29H,11-20H2,1-2H3. The Bertz CT molecular complexity index is 827. The molecule has 0 aliphatic carbocycles. The third-order valence-corrected chi connectivity index (χ3v) is 7.31. The molecule has 2 unspecified atom stereocenters. The predicted molar refractivity (Wildman–Crippen MR) is 132 cm³/mol. The summed E-state index contributed by atoms with van der Waals surface area (Å²) in [6.45, 7) is 6.35. The molecule has 2 N–H and O–H groups in total. The van der Waals surface area contributed by atoms with Crippen LogP contribution < -0.4 is 10.6 Å². The van der Waals surface area contributed by atoms with Gasteiger partial charge in [0.15, 0.2) is 5.78 Å². The number of benzene rings is 2. The van der Waals surface area contributed by atoms with Gasteiger partial charge in [-0.25, -0.2) is 0 Å². The molecule has 2 aromatic rings. The molecule has 32 heavy (non-hydrogen) atoms. The second-order valence-corrected chi connectivity index (χ2v) is 9.40. The molecular weight excluding hydrogens is 396 g/mol. The van der Waals surface area contributed by atoms with E-state index >= 15 is 0 Å². The molecule has 5 nitrogen and oxygen atoms in total. The first-order valence-corrected chi connectivity index (χ1v) is 12.2. The third-order valence-electron chi connectivity index (χ3n) is 7.31. The Morgan fingerprint density at radius 3 is 1.66 bits per heavy atom. The molecule has 172 valence electrons. The summed E-state index contributed by atoms with van der Waals surface area (Å²) in [6.07, 6.45) is 3.99. The number of hydrogen-bond donors (Lipinski definition) is 2. The van der Waals surface area contributed by atoms with Crippen molar-refractivity contribution in [1.82, 2.24) is 20.4 Å². The van der Waals surface area contributed by atoms with Crippen molar-refractivity contribution in [2.45, 2.75) is 37.8 Å². The van der Waals surface area contributed by atoms with E-state index in [9.17, 15) is 4.79 Å². The highest BCUT2D eigenvalue weighted by molar-refractivity contribution is 6.10. The lowest BCUT2D eigenvalue weighted by molar-refractivity contribution is 0.103. The van der Waals surface area contributed by atoms with Crippen LogP contribution in [0.5, 0.6) is 0 Å². The molecule has 5 heteroatoms. The fourth-order valence-electron chi connectivity index (χ4n) is 5.08. The van der Waals surface area contributed by atoms with Crippen molar-refractivity contribution in [2.24, 2.45) is 0 Å². The second-order valence-electron chi connectivity index (χ2n) is 9.40. The first-order chi connectivity index (χ1) is 15.6. The maximum atomic E-state index is 13.7. The molecule has 0 aromatic heterocycles. The smallest absolute Gasteiger partial charge is 0.193 e. The van der Waals surface area contributed by atoms with E-state index in [2.05, 4.69) is 58.8 Å². The minimum atomic E-state index is 0.168. The maximum absolute atomic E-state index is 13.7. The summed E-state index contributed by atoms with van der Waals surface area (Å²) in [4.78, 5) is 18.5. The minimum absolute atomic E-state index is 0.168. The molecule has 4 rings (SSSR count). The van der Waals surface area contributed by atoms with Gasteiger partial charge in [-0.3, -0.25) is 4.79 Å². The lowest BCUT2D eigenvalue weighted by Gasteiger charge is -2.33. The van der Waals surface area contributed by atoms with E-state index in [-0.39, 0.29) is 5.78 Å². The number of ketones is 1. The van der Waals surface area contributed by atoms with Gasteiger partial charge >= 0.3 is 0 Å². The second kappa shape index (κ2) is 11.2. The van der Waals surface area contributed by atoms with E-state index in [0.29, 0.717) is 12.1 Å². The summed E-state index contributed by atoms with van der Waals surface area (Å²) in [7, 11) is 4.41. The van der Waals surface area contributed by atoms with Gasteiger partial charge in [0.05, 0.1) is 0 Å². The van der Waals surface area contributed by atoms with E-state index in [1.165, 1.54) is 11.1 Å². The molecule has 2 saturated heterocycles. The maximum Gasteiger partial charge on any atom is 0.193 e. The number of nitrogens with one attached hydrogen (secondary N) is 2. The summed E-state index contributed by atoms with van der Waals surface area (Å²) in [5.41, 5.74) is 4.07. The highest BCUT2D eigenvalue weighted by Gasteiger charge is 2.22. The zero-order valence-corrected chi connectivity index (χ0v) is 19.6. The number of hydrogen-bond acceptors (Lipinski definition) is 5. The molecule has 0 saturated carbocycles. The number of nitrogens with zero attached hydrogens (tertiary/aromatic N) is 2. The number of likely N-dealkylation sites (N-methyl/N-ethyl adjacent to an activating group) is 2. The number of aryl methyl sites for hydroxylation is 2. The SMILES string of the molecule is CN1CCNCC1CCc1ccccc1C(=O)c1ccccc1CCC1CNCCN1C. The average molecular weight is 435 g/mol. The highest BCUT2D eigenvalue weighted by atomic mass is 16.1. The third kappa shape index (κ3) is 5.65. The van der Waals surface area contributed by atoms with Crippen molar-refractivity contribution in [3.05, 3.63) is 70.8 Å². The number of carbonyl (C=O) groups excluding carboxylic acids is 1. The van der Waals surface area contributed by atoms with E-state index in [0.717, 1.165) is 76.1 Å². The molecule has 0 amide bonds. The Kier molecular flexibility index (Phi) is 8.09. The van der Waals surface area contributed by atoms with Gasteiger partial charge in [0, 0.05) is 62.5 Å². The van der Waals surface area contributed by atoms with Crippen LogP contribution in [0, 0.1) is 0 Å². The van der Waals surface area contributed by atoms with Crippen LogP contribution in [0.25, 0.3) is 0 Å². The molecule has 0 radical (unpaired) electrons. The van der Waals surface area contributed by atoms with Crippen molar-refractivity contribution in [2.75, 3.05) is 53.4 Å². The van der Waals surface area contributed by atoms with Crippen LogP contribution in [0.3, 0.4) is 0 Å². The largest absolute Gasteiger partial charge is 0.314 e. The Morgan fingerprint density at radius 2 is 1.22 bits per heavy atom. The van der Waals surface area contributed by atoms with E-state index in [4.69, 9.17) is 0 Å². The number of piperazine rings is 2. The topological polar surface area (TPSA) is 47.6 Å². The molecule has 2 heterocycles. The molecule has 0 spiro atoms. The predicted octanol–water partition coefficient (Wildman–Crippen LogP) is 2.59. The van der Waals surface area contributed by atoms with Crippen molar-refractivity contribution < 1.29 is 4.79 Å². The summed E-state index contributed by atoms with van der Waals surface area (Å²) in [5, 5.41) is 7.00. The van der Waals surface area contributed by atoms with Crippen molar-refractivity contribution in [3.8, 4) is 0 Å². The molecule has 2 aliphatic rings. The zero-order chi connectivity index (χ0) is 22.3. The van der Waals surface area contributed by atoms with Gasteiger partial charge in [-0.1, -0.05) is 48.5 Å². The Labute approximate surface area is 193 Å². The first-order valence-electron chi connectivity index (χ1n) is 12.2. The molecule has 2 aromatic carbocycles. The van der Waals surface area contributed by atoms with Crippen LogP contribution in [0.4, 0.5) is 0 Å². The lowest BCUT2D eigenvalue weighted by Crippen LogP contribution is -2.49. The van der Waals surface area contributed by atoms with Gasteiger partial charge in [0.25, 0.3) is 0 Å². The zero-order valence-electron chi connectivity index (χ0n) is 19.6. The Balaban J connectivity index is 1.47. The van der Waals surface area contributed by atoms with E-state index in [1.807, 2.05) is 24.3 Å². The molecule has 2 atom stereocenters. The minimum Gasteiger partial charge on any atom is -0.314 e. The van der Waals surface area contributed by atoms with Crippen LogP contribution in [0.2, 0.25) is 0 Å². The summed E-state index contributed by atoms with van der Waals surface area (Å²) >= 11 is 0. The van der Waals surface area contributed by atoms with Gasteiger partial charge in [-0.2, -0.15) is 0 Å². The van der Waals surface area contributed by atoms with Crippen LogP contribution in [-0.2, 0) is 12.8 Å². The summed E-state index contributed by atoms with van der Waals surface area (Å²) in [5.74, 6) is 0.168. The summed E-state index contributed by atoms with van der Waals surface area (Å²) < 4.78 is 0. The van der Waals surface area contributed by atoms with Gasteiger partial charge in [0.1, 0.15) is 0 Å². The van der Waals surface area contributed by atoms with Crippen molar-refractivity contribution >= 4 is 5.78 Å². The van der Waals surface area contributed by atoms with Crippen LogP contribution >= 0.6 is 0 Å². The normalized spacial score (nSPS) is 22.7. The molecule has 0 bridgehead atoms. The Morgan fingerprint density at radius 1 is 0.781 bits per heavy atom. The monoisotopic (exact) mass is 434 g/mol. The van der Waals surface area contributed by atoms with E-state index < -0.39 is 0 Å². The van der Waals surface area contributed by atoms with Gasteiger partial charge < -0.3 is 20.4 Å². The van der Waals surface area contributed by atoms with Gasteiger partial charge in [0.2, 0.25) is 0 Å². The Hall–Kier alpha value is -2.05. The van der Waals surface area contributed by atoms with Gasteiger partial charge in [-0.15, -0.1) is 0 Å². The van der Waals surface area contributed by atoms with Crippen molar-refractivity contribution in [3.63, 3.8) is 0 Å². The molecule has 2 aliphatic heterocycles. The van der Waals surface area contributed by atoms with Crippen molar-refractivity contribution in [1.29, 1.82) is 0 Å². The van der Waals surface area contributed by atoms with Crippen LogP contribution in [-0.4, -0.2) is 81.0 Å². The highest BCUT2D eigenvalue weighted by Crippen LogP contribution is 2.22. The van der Waals surface area contributed by atoms with Gasteiger partial charge in [-0.05, 0) is 50.9 Å². The fourth-order valence-corrected chi connectivity index (χ4v) is 5.08. The first kappa shape index (κ1) is 23.1.